The van der Waals surface area contributed by atoms with Crippen molar-refractivity contribution in [3.05, 3.63) is 0 Å². The van der Waals surface area contributed by atoms with Crippen molar-refractivity contribution in [2.45, 2.75) is 24.9 Å². The third-order valence-corrected chi connectivity index (χ3v) is 7.22. The molecule has 0 aromatic rings. The van der Waals surface area contributed by atoms with Crippen molar-refractivity contribution in [3.8, 4) is 0 Å². The molecule has 0 aromatic carbocycles. The van der Waals surface area contributed by atoms with E-state index in [-0.39, 0.29) is 29.9 Å². The summed E-state index contributed by atoms with van der Waals surface area (Å²) in [6.07, 6.45) is 0.843. The minimum absolute atomic E-state index is 0.0777. The summed E-state index contributed by atoms with van der Waals surface area (Å²) in [6, 6.07) is -0.951. The minimum atomic E-state index is -3.31. The average molecular weight is 372 g/mol. The summed E-state index contributed by atoms with van der Waals surface area (Å²) in [5.41, 5.74) is 4.24. The molecular weight excluding hydrogens is 348 g/mol. The van der Waals surface area contributed by atoms with Crippen LogP contribution in [-0.4, -0.2) is 98.2 Å². The van der Waals surface area contributed by atoms with E-state index < -0.39 is 33.2 Å². The van der Waals surface area contributed by atoms with Crippen molar-refractivity contribution in [2.75, 3.05) is 45.2 Å². The van der Waals surface area contributed by atoms with Crippen LogP contribution in [0, 0.1) is 5.41 Å². The topological polar surface area (TPSA) is 121 Å². The third kappa shape index (κ3) is 3.12. The fourth-order valence-corrected chi connectivity index (χ4v) is 5.77. The first-order chi connectivity index (χ1) is 11.6. The number of sulfone groups is 1. The van der Waals surface area contributed by atoms with E-state index in [0.29, 0.717) is 25.9 Å². The van der Waals surface area contributed by atoms with E-state index in [0.717, 1.165) is 0 Å². The van der Waals surface area contributed by atoms with E-state index in [2.05, 4.69) is 0 Å². The molecule has 25 heavy (non-hydrogen) atoms. The van der Waals surface area contributed by atoms with Crippen molar-refractivity contribution in [3.63, 3.8) is 0 Å². The van der Waals surface area contributed by atoms with Crippen LogP contribution in [0.2, 0.25) is 0 Å². The highest BCUT2D eigenvalue weighted by atomic mass is 32.2. The van der Waals surface area contributed by atoms with Crippen molar-refractivity contribution >= 4 is 27.6 Å². The van der Waals surface area contributed by atoms with E-state index in [1.807, 2.05) is 4.90 Å². The standard InChI is InChI=1S/C15H24N4O5S/c1-17(2)12(20)7-18-5-6-19(11-9-25(23,24)8-10(11)18)14(22)15(3-4-15)13(16)21/h10-11H,3-9H2,1-2H3,(H2,16,21)/t10-,11+/m1/s1. The highest BCUT2D eigenvalue weighted by Gasteiger charge is 2.60. The van der Waals surface area contributed by atoms with E-state index >= 15 is 0 Å². The Morgan fingerprint density at radius 3 is 2.24 bits per heavy atom. The second-order valence-electron chi connectivity index (χ2n) is 7.42. The zero-order valence-electron chi connectivity index (χ0n) is 14.5. The second-order valence-corrected chi connectivity index (χ2v) is 9.57. The van der Waals surface area contributed by atoms with Gasteiger partial charge in [0.05, 0.1) is 24.1 Å². The number of fused-ring (bicyclic) bond motifs is 1. The fraction of sp³-hybridized carbons (Fsp3) is 0.800. The van der Waals surface area contributed by atoms with Gasteiger partial charge < -0.3 is 15.5 Å². The molecule has 9 nitrogen and oxygen atoms in total. The predicted octanol–water partition coefficient (Wildman–Crippen LogP) is -2.35. The number of carbonyl (C=O) groups excluding carboxylic acids is 3. The van der Waals surface area contributed by atoms with Crippen molar-refractivity contribution in [1.82, 2.24) is 14.7 Å². The third-order valence-electron chi connectivity index (χ3n) is 5.52. The number of carbonyl (C=O) groups is 3. The molecule has 0 unspecified atom stereocenters. The number of hydrogen-bond acceptors (Lipinski definition) is 6. The normalized spacial score (nSPS) is 29.8. The molecule has 0 bridgehead atoms. The predicted molar refractivity (Wildman–Crippen MR) is 89.1 cm³/mol. The molecule has 0 aromatic heterocycles. The van der Waals surface area contributed by atoms with Gasteiger partial charge in [0, 0.05) is 33.2 Å². The number of rotatable bonds is 4. The van der Waals surface area contributed by atoms with Gasteiger partial charge in [-0.3, -0.25) is 19.3 Å². The van der Waals surface area contributed by atoms with Crippen LogP contribution in [0.1, 0.15) is 12.8 Å². The van der Waals surface area contributed by atoms with Gasteiger partial charge in [0.25, 0.3) is 0 Å². The van der Waals surface area contributed by atoms with E-state index in [1.54, 1.807) is 14.1 Å². The molecule has 3 rings (SSSR count). The molecule has 0 radical (unpaired) electrons. The smallest absolute Gasteiger partial charge is 0.238 e. The maximum Gasteiger partial charge on any atom is 0.238 e. The number of nitrogens with zero attached hydrogens (tertiary/aromatic N) is 3. The summed E-state index contributed by atoms with van der Waals surface area (Å²) < 4.78 is 24.4. The van der Waals surface area contributed by atoms with Gasteiger partial charge in [-0.1, -0.05) is 0 Å². The zero-order valence-corrected chi connectivity index (χ0v) is 15.3. The Morgan fingerprint density at radius 1 is 1.12 bits per heavy atom. The molecular formula is C15H24N4O5S. The summed E-state index contributed by atoms with van der Waals surface area (Å²) in [5.74, 6) is -1.32. The first kappa shape index (κ1) is 18.1. The highest BCUT2D eigenvalue weighted by molar-refractivity contribution is 7.91. The molecule has 3 aliphatic rings. The molecule has 0 spiro atoms. The largest absolute Gasteiger partial charge is 0.369 e. The molecule has 140 valence electrons. The second kappa shape index (κ2) is 5.94. The van der Waals surface area contributed by atoms with Crippen LogP contribution in [-0.2, 0) is 24.2 Å². The summed E-state index contributed by atoms with van der Waals surface area (Å²) >= 11 is 0. The van der Waals surface area contributed by atoms with Crippen LogP contribution < -0.4 is 5.73 Å². The first-order valence-electron chi connectivity index (χ1n) is 8.33. The molecule has 2 atom stereocenters. The Kier molecular flexibility index (Phi) is 4.31. The summed E-state index contributed by atoms with van der Waals surface area (Å²) in [5, 5.41) is 0. The molecule has 3 fully saturated rings. The number of hydrogen-bond donors (Lipinski definition) is 1. The van der Waals surface area contributed by atoms with Gasteiger partial charge in [-0.2, -0.15) is 0 Å². The molecule has 1 saturated carbocycles. The van der Waals surface area contributed by atoms with E-state index in [9.17, 15) is 22.8 Å². The van der Waals surface area contributed by atoms with Crippen molar-refractivity contribution in [2.24, 2.45) is 11.1 Å². The lowest BCUT2D eigenvalue weighted by Gasteiger charge is -2.44. The summed E-state index contributed by atoms with van der Waals surface area (Å²) in [4.78, 5) is 41.4. The van der Waals surface area contributed by atoms with Gasteiger partial charge in [-0.15, -0.1) is 0 Å². The lowest BCUT2D eigenvalue weighted by molar-refractivity contribution is -0.148. The molecule has 10 heteroatoms. The van der Waals surface area contributed by atoms with Gasteiger partial charge in [-0.25, -0.2) is 8.42 Å². The van der Waals surface area contributed by atoms with Crippen molar-refractivity contribution in [1.29, 1.82) is 0 Å². The number of amides is 3. The number of likely N-dealkylation sites (N-methyl/N-ethyl adjacent to an activating group) is 1. The fourth-order valence-electron chi connectivity index (χ4n) is 3.75. The monoisotopic (exact) mass is 372 g/mol. The van der Waals surface area contributed by atoms with E-state index in [4.69, 9.17) is 5.73 Å². The number of piperazine rings is 1. The quantitative estimate of drug-likeness (QED) is 0.552. The van der Waals surface area contributed by atoms with Crippen LogP contribution >= 0.6 is 0 Å². The Bertz CT molecular complexity index is 715. The van der Waals surface area contributed by atoms with Gasteiger partial charge in [0.2, 0.25) is 17.7 Å². The van der Waals surface area contributed by atoms with Gasteiger partial charge in [0.1, 0.15) is 5.41 Å². The highest BCUT2D eigenvalue weighted by Crippen LogP contribution is 2.48. The Balaban J connectivity index is 1.83. The lowest BCUT2D eigenvalue weighted by atomic mass is 9.98. The maximum atomic E-state index is 12.9. The van der Waals surface area contributed by atoms with E-state index in [1.165, 1.54) is 9.80 Å². The van der Waals surface area contributed by atoms with Crippen LogP contribution in [0.25, 0.3) is 0 Å². The lowest BCUT2D eigenvalue weighted by Crippen LogP contribution is -2.63. The van der Waals surface area contributed by atoms with Crippen LogP contribution in [0.5, 0.6) is 0 Å². The maximum absolute atomic E-state index is 12.9. The number of primary amides is 1. The van der Waals surface area contributed by atoms with Crippen LogP contribution in [0.15, 0.2) is 0 Å². The zero-order chi connectivity index (χ0) is 18.6. The molecule has 3 amide bonds. The van der Waals surface area contributed by atoms with Crippen molar-refractivity contribution < 1.29 is 22.8 Å². The Morgan fingerprint density at radius 2 is 1.72 bits per heavy atom. The molecule has 2 aliphatic heterocycles. The molecule has 2 N–H and O–H groups in total. The van der Waals surface area contributed by atoms with Gasteiger partial charge in [0.15, 0.2) is 9.84 Å². The Hall–Kier alpha value is -1.68. The van der Waals surface area contributed by atoms with Crippen LogP contribution in [0.3, 0.4) is 0 Å². The summed E-state index contributed by atoms with van der Waals surface area (Å²) in [6.45, 7) is 0.814. The summed E-state index contributed by atoms with van der Waals surface area (Å²) in [7, 11) is -0.0112. The average Bonchev–Trinajstić information content (AvgIpc) is 3.25. The molecule has 2 saturated heterocycles. The minimum Gasteiger partial charge on any atom is -0.369 e. The molecule has 1 aliphatic carbocycles. The molecule has 2 heterocycles. The van der Waals surface area contributed by atoms with Crippen LogP contribution in [0.4, 0.5) is 0 Å². The number of nitrogens with two attached hydrogens (primary N) is 1. The van der Waals surface area contributed by atoms with Gasteiger partial charge in [-0.05, 0) is 12.8 Å². The SMILES string of the molecule is CN(C)C(=O)CN1CCN(C(=O)C2(C(N)=O)CC2)[C@H]2CS(=O)(=O)C[C@H]21. The first-order valence-corrected chi connectivity index (χ1v) is 10.2. The van der Waals surface area contributed by atoms with Gasteiger partial charge >= 0.3 is 0 Å². The Labute approximate surface area is 147 Å².